The second kappa shape index (κ2) is 5.93. The Hall–Kier alpha value is -1.53. The molecule has 0 N–H and O–H groups in total. The lowest BCUT2D eigenvalue weighted by Gasteiger charge is -2.26. The summed E-state index contributed by atoms with van der Waals surface area (Å²) in [7, 11) is 0. The largest absolute Gasteiger partial charge is 0.486 e. The van der Waals surface area contributed by atoms with Crippen molar-refractivity contribution in [1.82, 2.24) is 14.9 Å². The summed E-state index contributed by atoms with van der Waals surface area (Å²) in [6, 6.07) is 7.29. The van der Waals surface area contributed by atoms with Crippen LogP contribution in [0.1, 0.15) is 31.5 Å². The molecule has 7 heteroatoms. The Morgan fingerprint density at radius 2 is 2.09 bits per heavy atom. The van der Waals surface area contributed by atoms with Crippen molar-refractivity contribution in [1.29, 1.82) is 0 Å². The Morgan fingerprint density at radius 1 is 1.23 bits per heavy atom. The molecular weight excluding hydrogens is 320 g/mol. The molecule has 1 fully saturated rings. The van der Waals surface area contributed by atoms with E-state index < -0.39 is 0 Å². The number of thioether (sulfide) groups is 1. The quantitative estimate of drug-likeness (QED) is 0.857. The average molecular weight is 335 g/mol. The fraction of sp³-hybridized carbons (Fsp3) is 0.400. The Bertz CT molecular complexity index is 713. The van der Waals surface area contributed by atoms with E-state index in [0.29, 0.717) is 16.9 Å². The van der Waals surface area contributed by atoms with Gasteiger partial charge in [-0.25, -0.2) is 0 Å². The van der Waals surface area contributed by atoms with E-state index in [-0.39, 0.29) is 0 Å². The molecule has 0 unspecified atom stereocenters. The number of fused-ring (bicyclic) bond motifs is 2. The van der Waals surface area contributed by atoms with Crippen LogP contribution in [-0.2, 0) is 6.61 Å². The van der Waals surface area contributed by atoms with Crippen LogP contribution >= 0.6 is 23.4 Å². The molecule has 0 bridgehead atoms. The second-order valence-corrected chi connectivity index (χ2v) is 7.00. The molecular formula is C15H15ClN4OS. The maximum Gasteiger partial charge on any atom is 0.212 e. The minimum Gasteiger partial charge on any atom is -0.486 e. The molecule has 114 valence electrons. The van der Waals surface area contributed by atoms with Gasteiger partial charge in [-0.15, -0.1) is 10.2 Å². The maximum atomic E-state index is 5.87. The maximum absolute atomic E-state index is 5.87. The summed E-state index contributed by atoms with van der Waals surface area (Å²) >= 11 is 7.64. The molecule has 22 heavy (non-hydrogen) atoms. The van der Waals surface area contributed by atoms with Gasteiger partial charge in [-0.1, -0.05) is 29.8 Å². The summed E-state index contributed by atoms with van der Waals surface area (Å²) in [5, 5.41) is 15.2. The average Bonchev–Trinajstić information content (AvgIpc) is 2.94. The van der Waals surface area contributed by atoms with Gasteiger partial charge in [0, 0.05) is 5.02 Å². The fourth-order valence-corrected chi connectivity index (χ4v) is 4.00. The van der Waals surface area contributed by atoms with Crippen molar-refractivity contribution in [3.05, 3.63) is 35.1 Å². The van der Waals surface area contributed by atoms with E-state index in [9.17, 15) is 0 Å². The highest BCUT2D eigenvalue weighted by molar-refractivity contribution is 8.00. The van der Waals surface area contributed by atoms with Crippen LogP contribution in [0, 0.1) is 0 Å². The first-order valence-electron chi connectivity index (χ1n) is 7.37. The molecule has 1 atom stereocenters. The number of aromatic nitrogens is 3. The molecule has 1 aliphatic carbocycles. The summed E-state index contributed by atoms with van der Waals surface area (Å²) in [4.78, 5) is 0. The number of hydrogen-bond donors (Lipinski definition) is 0. The summed E-state index contributed by atoms with van der Waals surface area (Å²) in [6.45, 7) is 0.344. The number of rotatable bonds is 3. The topological polar surface area (TPSA) is 52.3 Å². The number of benzene rings is 1. The summed E-state index contributed by atoms with van der Waals surface area (Å²) < 4.78 is 7.58. The standard InChI is InChI=1S/C15H15ClN4OS/c16-10-5-7-11(8-6-10)21-9-14-17-18-15-20(14)19-12-3-1-2-4-13(12)22-15/h5-8,13H,1-4,9H2/t13-/m0/s1. The van der Waals surface area contributed by atoms with Gasteiger partial charge in [-0.2, -0.15) is 9.78 Å². The van der Waals surface area contributed by atoms with Crippen LogP contribution in [0.25, 0.3) is 0 Å². The van der Waals surface area contributed by atoms with E-state index in [2.05, 4.69) is 10.2 Å². The van der Waals surface area contributed by atoms with Crippen molar-refractivity contribution >= 4 is 29.1 Å². The van der Waals surface area contributed by atoms with Crippen LogP contribution in [0.15, 0.2) is 34.5 Å². The Labute approximate surface area is 137 Å². The SMILES string of the molecule is Clc1ccc(OCc2nnc3n2N=C2CCCC[C@@H]2S3)cc1. The van der Waals surface area contributed by atoms with Crippen molar-refractivity contribution in [2.24, 2.45) is 5.10 Å². The molecule has 0 amide bonds. The predicted molar refractivity (Wildman–Crippen MR) is 86.8 cm³/mol. The van der Waals surface area contributed by atoms with Crippen LogP contribution in [-0.4, -0.2) is 25.8 Å². The lowest BCUT2D eigenvalue weighted by molar-refractivity contribution is 0.289. The molecule has 1 aromatic heterocycles. The van der Waals surface area contributed by atoms with Crippen LogP contribution in [0.3, 0.4) is 0 Å². The van der Waals surface area contributed by atoms with E-state index in [1.807, 2.05) is 16.8 Å². The van der Waals surface area contributed by atoms with Crippen molar-refractivity contribution in [3.8, 4) is 5.75 Å². The first-order valence-corrected chi connectivity index (χ1v) is 8.62. The van der Waals surface area contributed by atoms with Crippen molar-refractivity contribution in [2.75, 3.05) is 0 Å². The van der Waals surface area contributed by atoms with Gasteiger partial charge in [0.15, 0.2) is 5.82 Å². The van der Waals surface area contributed by atoms with Crippen molar-refractivity contribution < 1.29 is 4.74 Å². The zero-order valence-electron chi connectivity index (χ0n) is 11.9. The molecule has 1 saturated carbocycles. The summed E-state index contributed by atoms with van der Waals surface area (Å²) in [5.74, 6) is 1.49. The van der Waals surface area contributed by atoms with Crippen LogP contribution in [0.5, 0.6) is 5.75 Å². The lowest BCUT2D eigenvalue weighted by Crippen LogP contribution is -2.27. The lowest BCUT2D eigenvalue weighted by atomic mass is 9.98. The van der Waals surface area contributed by atoms with E-state index in [1.54, 1.807) is 23.9 Å². The fourth-order valence-electron chi connectivity index (χ4n) is 2.70. The zero-order chi connectivity index (χ0) is 14.9. The number of hydrogen-bond acceptors (Lipinski definition) is 5. The van der Waals surface area contributed by atoms with Gasteiger partial charge in [-0.05, 0) is 43.5 Å². The molecule has 0 radical (unpaired) electrons. The Kier molecular flexibility index (Phi) is 3.80. The smallest absolute Gasteiger partial charge is 0.212 e. The molecule has 1 aliphatic heterocycles. The molecule has 1 aromatic carbocycles. The van der Waals surface area contributed by atoms with Gasteiger partial charge < -0.3 is 4.74 Å². The second-order valence-electron chi connectivity index (χ2n) is 5.40. The molecule has 2 aliphatic rings. The first-order chi connectivity index (χ1) is 10.8. The highest BCUT2D eigenvalue weighted by Gasteiger charge is 2.29. The number of nitrogens with zero attached hydrogens (tertiary/aromatic N) is 4. The first kappa shape index (κ1) is 14.1. The monoisotopic (exact) mass is 334 g/mol. The zero-order valence-corrected chi connectivity index (χ0v) is 13.5. The van der Waals surface area contributed by atoms with Gasteiger partial charge in [-0.3, -0.25) is 0 Å². The highest BCUT2D eigenvalue weighted by Crippen LogP contribution is 2.35. The van der Waals surface area contributed by atoms with Crippen molar-refractivity contribution in [2.45, 2.75) is 42.7 Å². The van der Waals surface area contributed by atoms with E-state index in [4.69, 9.17) is 21.4 Å². The molecule has 4 rings (SSSR count). The van der Waals surface area contributed by atoms with Crippen LogP contribution in [0.2, 0.25) is 5.02 Å². The third kappa shape index (κ3) is 2.73. The molecule has 0 saturated heterocycles. The predicted octanol–water partition coefficient (Wildman–Crippen LogP) is 3.76. The number of halogens is 1. The normalized spacial score (nSPS) is 20.0. The van der Waals surface area contributed by atoms with Crippen molar-refractivity contribution in [3.63, 3.8) is 0 Å². The third-order valence-electron chi connectivity index (χ3n) is 3.86. The molecule has 0 spiro atoms. The molecule has 2 aromatic rings. The van der Waals surface area contributed by atoms with Gasteiger partial charge in [0.05, 0.1) is 11.0 Å². The number of ether oxygens (including phenoxy) is 1. The van der Waals surface area contributed by atoms with Crippen LogP contribution < -0.4 is 4.74 Å². The van der Waals surface area contributed by atoms with Gasteiger partial charge >= 0.3 is 0 Å². The molecule has 5 nitrogen and oxygen atoms in total. The minimum atomic E-state index is 0.344. The summed E-state index contributed by atoms with van der Waals surface area (Å²) in [5.41, 5.74) is 1.26. The third-order valence-corrected chi connectivity index (χ3v) is 5.36. The molecule has 2 heterocycles. The van der Waals surface area contributed by atoms with Gasteiger partial charge in [0.25, 0.3) is 0 Å². The van der Waals surface area contributed by atoms with E-state index in [1.165, 1.54) is 25.0 Å². The minimum absolute atomic E-state index is 0.344. The van der Waals surface area contributed by atoms with Gasteiger partial charge in [0.2, 0.25) is 5.16 Å². The highest BCUT2D eigenvalue weighted by atomic mass is 35.5. The van der Waals surface area contributed by atoms with Crippen LogP contribution in [0.4, 0.5) is 0 Å². The van der Waals surface area contributed by atoms with Gasteiger partial charge in [0.1, 0.15) is 12.4 Å². The Morgan fingerprint density at radius 3 is 2.95 bits per heavy atom. The van der Waals surface area contributed by atoms with E-state index in [0.717, 1.165) is 23.2 Å². The summed E-state index contributed by atoms with van der Waals surface area (Å²) in [6.07, 6.45) is 4.76. The van der Waals surface area contributed by atoms with E-state index >= 15 is 0 Å². The Balaban J connectivity index is 1.52.